The first-order valence-corrected chi connectivity index (χ1v) is 12.4. The molecular weight excluding hydrogens is 452 g/mol. The van der Waals surface area contributed by atoms with Crippen molar-refractivity contribution < 1.29 is 22.5 Å². The van der Waals surface area contributed by atoms with Gasteiger partial charge in [0, 0.05) is 22.8 Å². The van der Waals surface area contributed by atoms with Gasteiger partial charge in [0.15, 0.2) is 0 Å². The van der Waals surface area contributed by atoms with Crippen LogP contribution in [-0.2, 0) is 34.3 Å². The van der Waals surface area contributed by atoms with Crippen LogP contribution in [0.15, 0.2) is 77.8 Å². The number of anilines is 1. The fraction of sp³-hybridized carbons (Fsp3) is 0.192. The molecule has 0 saturated heterocycles. The maximum absolute atomic E-state index is 12.2. The molecular formula is C26H26N2O5S. The lowest BCUT2D eigenvalue weighted by Gasteiger charge is -2.09. The predicted octanol–water partition coefficient (Wildman–Crippen LogP) is 5.65. The lowest BCUT2D eigenvalue weighted by atomic mass is 10.0. The molecule has 0 aliphatic carbocycles. The van der Waals surface area contributed by atoms with Gasteiger partial charge in [-0.15, -0.1) is 0 Å². The average Bonchev–Trinajstić information content (AvgIpc) is 3.21. The van der Waals surface area contributed by atoms with Crippen LogP contribution in [0.25, 0.3) is 10.9 Å². The Morgan fingerprint density at radius 3 is 2.53 bits per heavy atom. The lowest BCUT2D eigenvalue weighted by Crippen LogP contribution is -2.13. The highest BCUT2D eigenvalue weighted by atomic mass is 32.2. The van der Waals surface area contributed by atoms with Crippen LogP contribution in [-0.4, -0.2) is 24.0 Å². The van der Waals surface area contributed by atoms with Gasteiger partial charge in [-0.05, 0) is 78.8 Å². The molecule has 0 unspecified atom stereocenters. The van der Waals surface area contributed by atoms with Gasteiger partial charge in [-0.1, -0.05) is 36.4 Å². The molecule has 4 rings (SSSR count). The summed E-state index contributed by atoms with van der Waals surface area (Å²) in [5, 5.41) is 3.78. The van der Waals surface area contributed by atoms with E-state index in [0.29, 0.717) is 12.1 Å². The zero-order valence-corrected chi connectivity index (χ0v) is 19.6. The fourth-order valence-corrected chi connectivity index (χ4v) is 4.42. The van der Waals surface area contributed by atoms with Gasteiger partial charge in [-0.3, -0.25) is 9.87 Å². The number of fused-ring (bicyclic) bond motifs is 1. The van der Waals surface area contributed by atoms with Crippen LogP contribution in [0, 0.1) is 6.92 Å². The summed E-state index contributed by atoms with van der Waals surface area (Å²) < 4.78 is 37.5. The van der Waals surface area contributed by atoms with E-state index < -0.39 is 16.2 Å². The number of nitrogens with one attached hydrogen (secondary N) is 2. The second kappa shape index (κ2) is 10.1. The molecule has 3 N–H and O–H groups in total. The summed E-state index contributed by atoms with van der Waals surface area (Å²) in [5.74, 6) is 0. The van der Waals surface area contributed by atoms with Crippen LogP contribution in [0.5, 0.6) is 0 Å². The molecule has 176 valence electrons. The largest absolute Gasteiger partial charge is 0.444 e. The quantitative estimate of drug-likeness (QED) is 0.284. The number of hydrogen-bond acceptors (Lipinski definition) is 4. The molecule has 0 radical (unpaired) electrons. The molecule has 1 heterocycles. The van der Waals surface area contributed by atoms with Crippen LogP contribution in [0.4, 0.5) is 10.5 Å². The van der Waals surface area contributed by atoms with E-state index in [0.717, 1.165) is 46.0 Å². The first-order valence-electron chi connectivity index (χ1n) is 10.9. The van der Waals surface area contributed by atoms with Gasteiger partial charge >= 0.3 is 6.09 Å². The highest BCUT2D eigenvalue weighted by Gasteiger charge is 2.12. The Kier molecular flexibility index (Phi) is 7.00. The molecule has 0 aliphatic rings. The van der Waals surface area contributed by atoms with Gasteiger partial charge in [-0.25, -0.2) is 4.79 Å². The van der Waals surface area contributed by atoms with Crippen LogP contribution >= 0.6 is 0 Å². The second-order valence-corrected chi connectivity index (χ2v) is 9.60. The van der Waals surface area contributed by atoms with Crippen molar-refractivity contribution in [2.45, 2.75) is 37.7 Å². The third-order valence-electron chi connectivity index (χ3n) is 5.74. The Labute approximate surface area is 198 Å². The number of aromatic amines is 1. The normalized spacial score (nSPS) is 11.5. The third-order valence-corrected chi connectivity index (χ3v) is 6.59. The molecule has 4 aromatic rings. The molecule has 0 saturated carbocycles. The SMILES string of the molecule is Cc1ccc(S(=O)(=O)O)cc1CCCc1c[nH]c2ccc(NC(=O)OCc3ccccc3)cc12. The number of aromatic nitrogens is 1. The van der Waals surface area contributed by atoms with Crippen molar-refractivity contribution in [2.24, 2.45) is 0 Å². The van der Waals surface area contributed by atoms with Gasteiger partial charge in [0.05, 0.1) is 4.90 Å². The van der Waals surface area contributed by atoms with Crippen LogP contribution < -0.4 is 5.32 Å². The first-order chi connectivity index (χ1) is 16.3. The molecule has 0 aliphatic heterocycles. The standard InChI is InChI=1S/C26H26N2O5S/c1-18-10-12-23(34(30,31)32)14-20(18)8-5-9-21-16-27-25-13-11-22(15-24(21)25)28-26(29)33-17-19-6-3-2-4-7-19/h2-4,6-7,10-16,27H,5,8-9,17H2,1H3,(H,28,29)(H,30,31,32). The molecule has 8 heteroatoms. The number of benzene rings is 3. The van der Waals surface area contributed by atoms with Crippen molar-refractivity contribution in [3.05, 3.63) is 95.2 Å². The summed E-state index contributed by atoms with van der Waals surface area (Å²) in [6.07, 6.45) is 3.65. The number of rotatable bonds is 8. The van der Waals surface area contributed by atoms with E-state index in [9.17, 15) is 17.8 Å². The minimum Gasteiger partial charge on any atom is -0.444 e. The van der Waals surface area contributed by atoms with E-state index in [-0.39, 0.29) is 11.5 Å². The van der Waals surface area contributed by atoms with Crippen molar-refractivity contribution in [2.75, 3.05) is 5.32 Å². The first kappa shape index (κ1) is 23.5. The smallest absolute Gasteiger partial charge is 0.411 e. The van der Waals surface area contributed by atoms with Crippen LogP contribution in [0.2, 0.25) is 0 Å². The summed E-state index contributed by atoms with van der Waals surface area (Å²) in [6, 6.07) is 19.8. The van der Waals surface area contributed by atoms with Gasteiger partial charge in [0.1, 0.15) is 6.61 Å². The van der Waals surface area contributed by atoms with Crippen molar-refractivity contribution >= 4 is 32.8 Å². The third kappa shape index (κ3) is 5.84. The van der Waals surface area contributed by atoms with E-state index in [2.05, 4.69) is 10.3 Å². The molecule has 0 bridgehead atoms. The number of carbonyl (C=O) groups is 1. The van der Waals surface area contributed by atoms with E-state index in [1.165, 1.54) is 12.1 Å². The Morgan fingerprint density at radius 2 is 1.76 bits per heavy atom. The molecule has 0 fully saturated rings. The van der Waals surface area contributed by atoms with Crippen molar-refractivity contribution in [3.63, 3.8) is 0 Å². The number of aryl methyl sites for hydroxylation is 3. The van der Waals surface area contributed by atoms with Crippen molar-refractivity contribution in [1.29, 1.82) is 0 Å². The summed E-state index contributed by atoms with van der Waals surface area (Å²) >= 11 is 0. The zero-order chi connectivity index (χ0) is 24.1. The van der Waals surface area contributed by atoms with E-state index in [1.807, 2.05) is 61.7 Å². The van der Waals surface area contributed by atoms with Crippen molar-refractivity contribution in [1.82, 2.24) is 4.98 Å². The molecule has 3 aromatic carbocycles. The maximum Gasteiger partial charge on any atom is 0.411 e. The molecule has 7 nitrogen and oxygen atoms in total. The second-order valence-electron chi connectivity index (χ2n) is 8.18. The van der Waals surface area contributed by atoms with E-state index in [1.54, 1.807) is 6.07 Å². The van der Waals surface area contributed by atoms with Crippen LogP contribution in [0.3, 0.4) is 0 Å². The van der Waals surface area contributed by atoms with Gasteiger partial charge < -0.3 is 9.72 Å². The molecule has 0 spiro atoms. The van der Waals surface area contributed by atoms with Crippen LogP contribution in [0.1, 0.15) is 28.7 Å². The molecule has 0 atom stereocenters. The monoisotopic (exact) mass is 478 g/mol. The van der Waals surface area contributed by atoms with Crippen molar-refractivity contribution in [3.8, 4) is 0 Å². The number of carbonyl (C=O) groups excluding carboxylic acids is 1. The summed E-state index contributed by atoms with van der Waals surface area (Å²) in [6.45, 7) is 2.12. The summed E-state index contributed by atoms with van der Waals surface area (Å²) in [4.78, 5) is 15.4. The predicted molar refractivity (Wildman–Crippen MR) is 132 cm³/mol. The minimum atomic E-state index is -4.22. The Bertz CT molecular complexity index is 1410. The minimum absolute atomic E-state index is 0.0879. The zero-order valence-electron chi connectivity index (χ0n) is 18.7. The maximum atomic E-state index is 12.2. The highest BCUT2D eigenvalue weighted by Crippen LogP contribution is 2.25. The Hall–Kier alpha value is -3.62. The Morgan fingerprint density at radius 1 is 1.00 bits per heavy atom. The number of H-pyrrole nitrogens is 1. The van der Waals surface area contributed by atoms with E-state index in [4.69, 9.17) is 4.74 Å². The van der Waals surface area contributed by atoms with Gasteiger partial charge in [0.2, 0.25) is 0 Å². The van der Waals surface area contributed by atoms with E-state index >= 15 is 0 Å². The average molecular weight is 479 g/mol. The number of ether oxygens (including phenoxy) is 1. The molecule has 1 amide bonds. The highest BCUT2D eigenvalue weighted by molar-refractivity contribution is 7.85. The van der Waals surface area contributed by atoms with Gasteiger partial charge in [0.25, 0.3) is 10.1 Å². The van der Waals surface area contributed by atoms with Gasteiger partial charge in [-0.2, -0.15) is 8.42 Å². The Balaban J connectivity index is 1.39. The fourth-order valence-electron chi connectivity index (χ4n) is 3.89. The lowest BCUT2D eigenvalue weighted by molar-refractivity contribution is 0.155. The number of amides is 1. The summed E-state index contributed by atoms with van der Waals surface area (Å²) in [5.41, 5.74) is 5.48. The molecule has 1 aromatic heterocycles. The summed E-state index contributed by atoms with van der Waals surface area (Å²) in [7, 11) is -4.22. The molecule has 34 heavy (non-hydrogen) atoms. The number of hydrogen-bond donors (Lipinski definition) is 3. The topological polar surface area (TPSA) is 108 Å².